The number of amides is 2. The van der Waals surface area contributed by atoms with Crippen LogP contribution in [0.3, 0.4) is 0 Å². The number of oxazole rings is 1. The lowest BCUT2D eigenvalue weighted by atomic mass is 10.1. The highest BCUT2D eigenvalue weighted by Gasteiger charge is 2.37. The largest absolute Gasteiger partial charge is 0.480 e. The number of nitrogens with zero attached hydrogens (tertiary/aromatic N) is 6. The molecule has 1 aliphatic carbocycles. The average Bonchev–Trinajstić information content (AvgIpc) is 3.45. The van der Waals surface area contributed by atoms with Crippen molar-refractivity contribution < 1.29 is 31.9 Å². The van der Waals surface area contributed by atoms with Crippen molar-refractivity contribution in [3.63, 3.8) is 0 Å². The Morgan fingerprint density at radius 3 is 2.73 bits per heavy atom. The van der Waals surface area contributed by atoms with Crippen LogP contribution in [-0.4, -0.2) is 61.5 Å². The average molecular weight is 559 g/mol. The minimum absolute atomic E-state index is 0.0312. The van der Waals surface area contributed by atoms with Crippen molar-refractivity contribution in [2.75, 3.05) is 31.2 Å². The molecule has 0 atom stereocenters. The Balaban J connectivity index is 1.44. The van der Waals surface area contributed by atoms with Crippen molar-refractivity contribution in [3.05, 3.63) is 47.7 Å². The minimum Gasteiger partial charge on any atom is -0.480 e. The molecule has 1 saturated carbocycles. The zero-order chi connectivity index (χ0) is 28.6. The van der Waals surface area contributed by atoms with Crippen LogP contribution in [0.4, 0.5) is 25.0 Å². The topological polar surface area (TPSA) is 154 Å². The van der Waals surface area contributed by atoms with Crippen LogP contribution >= 0.6 is 0 Å². The number of hydrogen-bond donors (Lipinski definition) is 2. The number of carbonyl (C=O) groups excluding carboxylic acids is 2. The molecule has 210 valence electrons. The van der Waals surface area contributed by atoms with Crippen molar-refractivity contribution in [1.29, 1.82) is 0 Å². The van der Waals surface area contributed by atoms with Crippen LogP contribution in [0.25, 0.3) is 16.8 Å². The smallest absolute Gasteiger partial charge is 0.418 e. The van der Waals surface area contributed by atoms with Gasteiger partial charge >= 0.3 is 12.2 Å². The van der Waals surface area contributed by atoms with Gasteiger partial charge < -0.3 is 19.8 Å². The van der Waals surface area contributed by atoms with Crippen LogP contribution < -0.4 is 15.8 Å². The van der Waals surface area contributed by atoms with E-state index in [1.54, 1.807) is 4.90 Å². The van der Waals surface area contributed by atoms with Crippen molar-refractivity contribution in [3.8, 4) is 17.1 Å². The molecule has 4 aromatic rings. The molecule has 12 nitrogen and oxygen atoms in total. The first-order chi connectivity index (χ1) is 19.1. The van der Waals surface area contributed by atoms with E-state index in [0.717, 1.165) is 42.4 Å². The van der Waals surface area contributed by atoms with Crippen molar-refractivity contribution in [1.82, 2.24) is 29.5 Å². The summed E-state index contributed by atoms with van der Waals surface area (Å²) < 4.78 is 52.7. The first-order valence-corrected chi connectivity index (χ1v) is 12.4. The standard InChI is InChI=1S/C25H25F3N8O4/c1-3-6-35(10-13-4-5-13)23(38)17-11-40-24(33-17)34-21(37)15-7-14(9-30-22(15)39-2)18-8-16(25(26,27)28)19-20(29)31-12-32-36(18)19/h7-9,11-13H,3-6,10H2,1-2H3,(H2,29,31,32)(H,33,34,37). The first kappa shape index (κ1) is 26.9. The van der Waals surface area contributed by atoms with E-state index in [9.17, 15) is 22.8 Å². The molecular weight excluding hydrogens is 533 g/mol. The second-order valence-electron chi connectivity index (χ2n) is 9.31. The maximum Gasteiger partial charge on any atom is 0.418 e. The molecule has 40 heavy (non-hydrogen) atoms. The molecule has 0 bridgehead atoms. The number of anilines is 2. The maximum absolute atomic E-state index is 13.7. The molecule has 4 heterocycles. The van der Waals surface area contributed by atoms with E-state index in [-0.39, 0.29) is 46.1 Å². The number of carbonyl (C=O) groups is 2. The van der Waals surface area contributed by atoms with E-state index in [2.05, 4.69) is 25.4 Å². The van der Waals surface area contributed by atoms with E-state index in [1.807, 2.05) is 6.92 Å². The fourth-order valence-corrected chi connectivity index (χ4v) is 4.32. The van der Waals surface area contributed by atoms with E-state index >= 15 is 0 Å². The van der Waals surface area contributed by atoms with Gasteiger partial charge in [0, 0.05) is 24.8 Å². The molecule has 0 aliphatic heterocycles. The number of nitrogens with one attached hydrogen (secondary N) is 1. The molecule has 2 amide bonds. The number of fused-ring (bicyclic) bond motifs is 1. The van der Waals surface area contributed by atoms with E-state index in [0.29, 0.717) is 19.0 Å². The summed E-state index contributed by atoms with van der Waals surface area (Å²) in [4.78, 5) is 39.7. The summed E-state index contributed by atoms with van der Waals surface area (Å²) in [6, 6.07) is 1.90. The SMILES string of the molecule is CCCN(CC1CC1)C(=O)c1coc(NC(=O)c2cc(-c3cc(C(F)(F)F)c4c(N)ncnn34)cnc2OC)n1. The zero-order valence-electron chi connectivity index (χ0n) is 21.5. The van der Waals surface area contributed by atoms with Crippen molar-refractivity contribution in [2.45, 2.75) is 32.4 Å². The molecule has 0 unspecified atom stereocenters. The third kappa shape index (κ3) is 5.26. The summed E-state index contributed by atoms with van der Waals surface area (Å²) in [6.45, 7) is 3.18. The Morgan fingerprint density at radius 1 is 1.27 bits per heavy atom. The molecule has 1 aliphatic rings. The molecule has 0 saturated heterocycles. The van der Waals surface area contributed by atoms with Crippen LogP contribution in [0.2, 0.25) is 0 Å². The fourth-order valence-electron chi connectivity index (χ4n) is 4.32. The number of ether oxygens (including phenoxy) is 1. The molecule has 0 radical (unpaired) electrons. The van der Waals surface area contributed by atoms with Gasteiger partial charge in [0.2, 0.25) is 5.88 Å². The number of aromatic nitrogens is 5. The lowest BCUT2D eigenvalue weighted by Gasteiger charge is -2.20. The van der Waals surface area contributed by atoms with Gasteiger partial charge in [-0.1, -0.05) is 6.92 Å². The van der Waals surface area contributed by atoms with Crippen molar-refractivity contribution >= 4 is 29.2 Å². The summed E-state index contributed by atoms with van der Waals surface area (Å²) in [5, 5.41) is 6.36. The van der Waals surface area contributed by atoms with E-state index < -0.39 is 23.2 Å². The van der Waals surface area contributed by atoms with Gasteiger partial charge in [-0.2, -0.15) is 23.3 Å². The van der Waals surface area contributed by atoms with Gasteiger partial charge in [-0.05, 0) is 37.3 Å². The number of nitrogens with two attached hydrogens (primary N) is 1. The van der Waals surface area contributed by atoms with Crippen LogP contribution in [0, 0.1) is 5.92 Å². The zero-order valence-corrected chi connectivity index (χ0v) is 21.5. The second-order valence-corrected chi connectivity index (χ2v) is 9.31. The maximum atomic E-state index is 13.7. The summed E-state index contributed by atoms with van der Waals surface area (Å²) in [5.74, 6) is -1.06. The number of nitrogen functional groups attached to an aromatic ring is 1. The van der Waals surface area contributed by atoms with Crippen LogP contribution in [0.5, 0.6) is 5.88 Å². The highest BCUT2D eigenvalue weighted by atomic mass is 19.4. The number of hydrogen-bond acceptors (Lipinski definition) is 9. The first-order valence-electron chi connectivity index (χ1n) is 12.4. The van der Waals surface area contributed by atoms with Gasteiger partial charge in [0.25, 0.3) is 11.8 Å². The molecule has 1 fully saturated rings. The van der Waals surface area contributed by atoms with Gasteiger partial charge in [-0.25, -0.2) is 14.5 Å². The summed E-state index contributed by atoms with van der Waals surface area (Å²) >= 11 is 0. The summed E-state index contributed by atoms with van der Waals surface area (Å²) in [5.41, 5.74) is 4.25. The predicted molar refractivity (Wildman–Crippen MR) is 136 cm³/mol. The minimum atomic E-state index is -4.74. The molecule has 3 N–H and O–H groups in total. The molecule has 15 heteroatoms. The molecule has 4 aromatic heterocycles. The van der Waals surface area contributed by atoms with Gasteiger partial charge in [-0.15, -0.1) is 0 Å². The normalized spacial score (nSPS) is 13.4. The quantitative estimate of drug-likeness (QED) is 0.311. The Morgan fingerprint density at radius 2 is 2.05 bits per heavy atom. The number of methoxy groups -OCH3 is 1. The third-order valence-corrected chi connectivity index (χ3v) is 6.37. The lowest BCUT2D eigenvalue weighted by Crippen LogP contribution is -2.33. The third-order valence-electron chi connectivity index (χ3n) is 6.37. The van der Waals surface area contributed by atoms with Crippen molar-refractivity contribution in [2.24, 2.45) is 5.92 Å². The Labute approximate surface area is 225 Å². The van der Waals surface area contributed by atoms with Crippen LogP contribution in [0.1, 0.15) is 52.6 Å². The summed E-state index contributed by atoms with van der Waals surface area (Å²) in [6.07, 6.45) is 1.62. The highest BCUT2D eigenvalue weighted by molar-refractivity contribution is 6.05. The van der Waals surface area contributed by atoms with Crippen LogP contribution in [0.15, 0.2) is 35.3 Å². The number of rotatable bonds is 9. The van der Waals surface area contributed by atoms with Gasteiger partial charge in [0.05, 0.1) is 18.4 Å². The van der Waals surface area contributed by atoms with Gasteiger partial charge in [0.15, 0.2) is 11.5 Å². The van der Waals surface area contributed by atoms with E-state index in [4.69, 9.17) is 14.9 Å². The molecule has 0 spiro atoms. The Hall–Kier alpha value is -4.69. The lowest BCUT2D eigenvalue weighted by molar-refractivity contribution is -0.136. The van der Waals surface area contributed by atoms with Gasteiger partial charge in [0.1, 0.15) is 23.7 Å². The van der Waals surface area contributed by atoms with E-state index in [1.165, 1.54) is 19.4 Å². The number of pyridine rings is 1. The number of halogens is 3. The highest BCUT2D eigenvalue weighted by Crippen LogP contribution is 2.39. The van der Waals surface area contributed by atoms with Gasteiger partial charge in [-0.3, -0.25) is 14.9 Å². The molecule has 0 aromatic carbocycles. The monoisotopic (exact) mass is 558 g/mol. The predicted octanol–water partition coefficient (Wildman–Crippen LogP) is 3.90. The second kappa shape index (κ2) is 10.5. The molecular formula is C25H25F3N8O4. The fraction of sp³-hybridized carbons (Fsp3) is 0.360. The molecule has 5 rings (SSSR count). The number of alkyl halides is 3. The van der Waals surface area contributed by atoms with Crippen LogP contribution in [-0.2, 0) is 6.18 Å². The Kier molecular flexibility index (Phi) is 7.04. The Bertz CT molecular complexity index is 1580. The summed E-state index contributed by atoms with van der Waals surface area (Å²) in [7, 11) is 1.28.